The molecule has 138 valence electrons. The largest absolute Gasteiger partial charge is 0.481 e. The summed E-state index contributed by atoms with van der Waals surface area (Å²) < 4.78 is 0. The van der Waals surface area contributed by atoms with Gasteiger partial charge in [0.2, 0.25) is 5.91 Å². The first-order valence-electron chi connectivity index (χ1n) is 9.22. The number of hydrogen-bond acceptors (Lipinski definition) is 3. The van der Waals surface area contributed by atoms with Crippen molar-refractivity contribution in [2.24, 2.45) is 0 Å². The molecular weight excluding hydrogens is 316 g/mol. The van der Waals surface area contributed by atoms with Crippen LogP contribution in [0.4, 0.5) is 0 Å². The maximum atomic E-state index is 12.1. The topological polar surface area (TPSA) is 60.9 Å². The van der Waals surface area contributed by atoms with Crippen LogP contribution in [0.25, 0.3) is 0 Å². The van der Waals surface area contributed by atoms with Crippen LogP contribution in [0.1, 0.15) is 63.1 Å². The number of carboxylic acids is 1. The fraction of sp³-hybridized carbons (Fsp3) is 0.600. The molecule has 1 fully saturated rings. The molecule has 1 saturated heterocycles. The van der Waals surface area contributed by atoms with Gasteiger partial charge in [0.15, 0.2) is 0 Å². The van der Waals surface area contributed by atoms with Crippen molar-refractivity contribution in [2.75, 3.05) is 26.2 Å². The molecule has 1 aliphatic rings. The van der Waals surface area contributed by atoms with Gasteiger partial charge in [0.25, 0.3) is 0 Å². The van der Waals surface area contributed by atoms with Crippen LogP contribution < -0.4 is 0 Å². The maximum absolute atomic E-state index is 12.1. The van der Waals surface area contributed by atoms with Crippen LogP contribution >= 0.6 is 0 Å². The number of aliphatic carboxylic acids is 1. The molecular formula is C20H30N2O3. The number of carbonyl (C=O) groups excluding carboxylic acids is 1. The minimum atomic E-state index is -0.838. The molecule has 1 amide bonds. The lowest BCUT2D eigenvalue weighted by Crippen LogP contribution is -2.49. The van der Waals surface area contributed by atoms with Gasteiger partial charge in [-0.25, -0.2) is 0 Å². The van der Waals surface area contributed by atoms with E-state index in [9.17, 15) is 9.59 Å². The second kappa shape index (κ2) is 8.99. The van der Waals surface area contributed by atoms with Gasteiger partial charge in [-0.1, -0.05) is 38.1 Å². The number of benzene rings is 1. The van der Waals surface area contributed by atoms with Crippen LogP contribution in [0.5, 0.6) is 0 Å². The standard InChI is InChI=1S/C20H30N2O3/c1-15(2)17-7-9-18(10-8-17)16(3)21-11-13-22(14-12-21)19(23)5-4-6-20(24)25/h7-10,15-16H,4-6,11-14H2,1-3H3,(H,24,25). The minimum Gasteiger partial charge on any atom is -0.481 e. The first-order valence-corrected chi connectivity index (χ1v) is 9.22. The van der Waals surface area contributed by atoms with Crippen LogP contribution in [0.2, 0.25) is 0 Å². The van der Waals surface area contributed by atoms with Crippen molar-refractivity contribution in [3.8, 4) is 0 Å². The highest BCUT2D eigenvalue weighted by molar-refractivity contribution is 5.77. The van der Waals surface area contributed by atoms with Gasteiger partial charge in [-0.05, 0) is 30.4 Å². The predicted octanol–water partition coefficient (Wildman–Crippen LogP) is 3.27. The van der Waals surface area contributed by atoms with E-state index in [2.05, 4.69) is 49.9 Å². The zero-order chi connectivity index (χ0) is 18.4. The van der Waals surface area contributed by atoms with Crippen molar-refractivity contribution in [3.63, 3.8) is 0 Å². The van der Waals surface area contributed by atoms with Gasteiger partial charge in [-0.15, -0.1) is 0 Å². The van der Waals surface area contributed by atoms with E-state index in [0.29, 0.717) is 24.8 Å². The Hall–Kier alpha value is -1.88. The molecule has 1 N–H and O–H groups in total. The quantitative estimate of drug-likeness (QED) is 0.823. The lowest BCUT2D eigenvalue weighted by Gasteiger charge is -2.38. The molecule has 0 saturated carbocycles. The summed E-state index contributed by atoms with van der Waals surface area (Å²) in [5.41, 5.74) is 2.67. The molecule has 1 aliphatic heterocycles. The molecule has 25 heavy (non-hydrogen) atoms. The molecule has 1 aromatic rings. The number of rotatable bonds is 7. The molecule has 0 bridgehead atoms. The van der Waals surface area contributed by atoms with Crippen molar-refractivity contribution >= 4 is 11.9 Å². The van der Waals surface area contributed by atoms with Crippen LogP contribution in [-0.2, 0) is 9.59 Å². The molecule has 1 unspecified atom stereocenters. The molecule has 0 aromatic heterocycles. The Bertz CT molecular complexity index is 575. The van der Waals surface area contributed by atoms with Gasteiger partial charge in [-0.3, -0.25) is 14.5 Å². The molecule has 0 radical (unpaired) electrons. The highest BCUT2D eigenvalue weighted by Gasteiger charge is 2.24. The third-order valence-electron chi connectivity index (χ3n) is 5.08. The highest BCUT2D eigenvalue weighted by atomic mass is 16.4. The van der Waals surface area contributed by atoms with Crippen LogP contribution in [0.15, 0.2) is 24.3 Å². The van der Waals surface area contributed by atoms with Gasteiger partial charge in [0.05, 0.1) is 0 Å². The molecule has 2 rings (SSSR count). The minimum absolute atomic E-state index is 0.0646. The fourth-order valence-corrected chi connectivity index (χ4v) is 3.28. The Labute approximate surface area is 150 Å². The zero-order valence-electron chi connectivity index (χ0n) is 15.6. The van der Waals surface area contributed by atoms with E-state index in [-0.39, 0.29) is 12.3 Å². The van der Waals surface area contributed by atoms with E-state index in [1.807, 2.05) is 4.90 Å². The number of nitrogens with zero attached hydrogens (tertiary/aromatic N) is 2. The third-order valence-corrected chi connectivity index (χ3v) is 5.08. The lowest BCUT2D eigenvalue weighted by atomic mass is 9.99. The Kier molecular flexibility index (Phi) is 7.00. The van der Waals surface area contributed by atoms with Crippen molar-refractivity contribution in [2.45, 2.75) is 52.0 Å². The van der Waals surface area contributed by atoms with Crippen LogP contribution in [0.3, 0.4) is 0 Å². The maximum Gasteiger partial charge on any atom is 0.303 e. The zero-order valence-corrected chi connectivity index (χ0v) is 15.6. The smallest absolute Gasteiger partial charge is 0.303 e. The SMILES string of the molecule is CC(C)c1ccc(C(C)N2CCN(C(=O)CCCC(=O)O)CC2)cc1. The van der Waals surface area contributed by atoms with Crippen molar-refractivity contribution in [1.29, 1.82) is 0 Å². The van der Waals surface area contributed by atoms with Crippen LogP contribution in [-0.4, -0.2) is 53.0 Å². The van der Waals surface area contributed by atoms with Gasteiger partial charge < -0.3 is 10.0 Å². The summed E-state index contributed by atoms with van der Waals surface area (Å²) in [6.45, 7) is 9.78. The van der Waals surface area contributed by atoms with Crippen molar-refractivity contribution in [1.82, 2.24) is 9.80 Å². The first kappa shape index (κ1) is 19.4. The molecule has 1 atom stereocenters. The van der Waals surface area contributed by atoms with Gasteiger partial charge in [-0.2, -0.15) is 0 Å². The molecule has 0 aliphatic carbocycles. The summed E-state index contributed by atoms with van der Waals surface area (Å²) in [6, 6.07) is 9.18. The molecule has 5 nitrogen and oxygen atoms in total. The lowest BCUT2D eigenvalue weighted by molar-refractivity contribution is -0.137. The second-order valence-electron chi connectivity index (χ2n) is 7.16. The Morgan fingerprint density at radius 1 is 0.960 bits per heavy atom. The Morgan fingerprint density at radius 3 is 2.04 bits per heavy atom. The summed E-state index contributed by atoms with van der Waals surface area (Å²) in [4.78, 5) is 27.0. The van der Waals surface area contributed by atoms with Gasteiger partial charge in [0.1, 0.15) is 0 Å². The van der Waals surface area contributed by atoms with E-state index in [1.165, 1.54) is 11.1 Å². The average molecular weight is 346 g/mol. The number of amides is 1. The average Bonchev–Trinajstić information content (AvgIpc) is 2.61. The summed E-state index contributed by atoms with van der Waals surface area (Å²) in [6.07, 6.45) is 0.820. The van der Waals surface area contributed by atoms with E-state index in [4.69, 9.17) is 5.11 Å². The van der Waals surface area contributed by atoms with Crippen molar-refractivity contribution in [3.05, 3.63) is 35.4 Å². The molecule has 1 aromatic carbocycles. The Morgan fingerprint density at radius 2 is 1.52 bits per heavy atom. The van der Waals surface area contributed by atoms with E-state index in [0.717, 1.165) is 26.2 Å². The first-order chi connectivity index (χ1) is 11.9. The summed E-state index contributed by atoms with van der Waals surface area (Å²) in [7, 11) is 0. The summed E-state index contributed by atoms with van der Waals surface area (Å²) in [5.74, 6) is -0.218. The summed E-state index contributed by atoms with van der Waals surface area (Å²) in [5, 5.41) is 8.66. The number of piperazine rings is 1. The van der Waals surface area contributed by atoms with E-state index < -0.39 is 5.97 Å². The number of hydrogen-bond donors (Lipinski definition) is 1. The van der Waals surface area contributed by atoms with Gasteiger partial charge >= 0.3 is 5.97 Å². The molecule has 5 heteroatoms. The predicted molar refractivity (Wildman–Crippen MR) is 98.6 cm³/mol. The fourth-order valence-electron chi connectivity index (χ4n) is 3.28. The van der Waals surface area contributed by atoms with E-state index >= 15 is 0 Å². The molecule has 1 heterocycles. The monoisotopic (exact) mass is 346 g/mol. The number of carbonyl (C=O) groups is 2. The van der Waals surface area contributed by atoms with E-state index in [1.54, 1.807) is 0 Å². The highest BCUT2D eigenvalue weighted by Crippen LogP contribution is 2.24. The van der Waals surface area contributed by atoms with Crippen LogP contribution in [0, 0.1) is 0 Å². The summed E-state index contributed by atoms with van der Waals surface area (Å²) >= 11 is 0. The van der Waals surface area contributed by atoms with Gasteiger partial charge in [0, 0.05) is 45.1 Å². The number of carboxylic acid groups (broad SMARTS) is 1. The van der Waals surface area contributed by atoms with Crippen molar-refractivity contribution < 1.29 is 14.7 Å². The normalized spacial score (nSPS) is 16.9. The third kappa shape index (κ3) is 5.56. The molecule has 0 spiro atoms. The Balaban J connectivity index is 1.82. The second-order valence-corrected chi connectivity index (χ2v) is 7.16.